The maximum absolute atomic E-state index is 13.2. The van der Waals surface area contributed by atoms with Gasteiger partial charge in [0.15, 0.2) is 0 Å². The van der Waals surface area contributed by atoms with E-state index in [1.54, 1.807) is 6.07 Å². The van der Waals surface area contributed by atoms with E-state index in [9.17, 15) is 9.50 Å². The van der Waals surface area contributed by atoms with Crippen molar-refractivity contribution in [3.05, 3.63) is 34.1 Å². The Morgan fingerprint density at radius 2 is 2.06 bits per heavy atom. The Morgan fingerprint density at radius 1 is 1.35 bits per heavy atom. The Hall–Kier alpha value is -0.450. The van der Waals surface area contributed by atoms with E-state index in [0.29, 0.717) is 22.4 Å². The molecular formula is C13H16BrFO2. The van der Waals surface area contributed by atoms with Crippen molar-refractivity contribution in [3.63, 3.8) is 0 Å². The van der Waals surface area contributed by atoms with Gasteiger partial charge in [-0.1, -0.05) is 15.9 Å². The van der Waals surface area contributed by atoms with E-state index in [1.165, 1.54) is 12.1 Å². The first kappa shape index (κ1) is 13.0. The number of hydrogen-bond donors (Lipinski definition) is 1. The zero-order chi connectivity index (χ0) is 12.3. The molecule has 0 saturated carbocycles. The van der Waals surface area contributed by atoms with Crippen molar-refractivity contribution in [1.29, 1.82) is 0 Å². The van der Waals surface area contributed by atoms with Crippen molar-refractivity contribution in [1.82, 2.24) is 0 Å². The predicted octanol–water partition coefficient (Wildman–Crippen LogP) is 3.44. The molecule has 1 saturated heterocycles. The van der Waals surface area contributed by atoms with Gasteiger partial charge in [-0.2, -0.15) is 0 Å². The van der Waals surface area contributed by atoms with Crippen LogP contribution in [0.3, 0.4) is 0 Å². The molecule has 0 aliphatic carbocycles. The lowest BCUT2D eigenvalue weighted by Crippen LogP contribution is -2.18. The van der Waals surface area contributed by atoms with Gasteiger partial charge in [0.05, 0.1) is 6.10 Å². The SMILES string of the molecule is OC(CC1CCOCC1)c1cc(F)cc(Br)c1. The highest BCUT2D eigenvalue weighted by atomic mass is 79.9. The van der Waals surface area contributed by atoms with Crippen LogP contribution in [0, 0.1) is 11.7 Å². The van der Waals surface area contributed by atoms with Crippen LogP contribution in [0.15, 0.2) is 22.7 Å². The molecule has 1 aromatic rings. The third kappa shape index (κ3) is 3.76. The fourth-order valence-corrected chi connectivity index (χ4v) is 2.68. The van der Waals surface area contributed by atoms with Crippen molar-refractivity contribution in [2.45, 2.75) is 25.4 Å². The quantitative estimate of drug-likeness (QED) is 0.927. The van der Waals surface area contributed by atoms with E-state index in [0.717, 1.165) is 26.1 Å². The Labute approximate surface area is 109 Å². The minimum absolute atomic E-state index is 0.319. The molecule has 1 N–H and O–H groups in total. The first-order valence-corrected chi connectivity index (χ1v) is 6.66. The van der Waals surface area contributed by atoms with Gasteiger partial charge in [0.2, 0.25) is 0 Å². The summed E-state index contributed by atoms with van der Waals surface area (Å²) in [6.45, 7) is 1.54. The van der Waals surface area contributed by atoms with E-state index < -0.39 is 6.10 Å². The molecule has 0 bridgehead atoms. The van der Waals surface area contributed by atoms with Crippen molar-refractivity contribution in [2.24, 2.45) is 5.92 Å². The summed E-state index contributed by atoms with van der Waals surface area (Å²) in [5, 5.41) is 10.1. The van der Waals surface area contributed by atoms with Crippen molar-refractivity contribution >= 4 is 15.9 Å². The number of hydrogen-bond acceptors (Lipinski definition) is 2. The molecule has 1 atom stereocenters. The summed E-state index contributed by atoms with van der Waals surface area (Å²) in [5.41, 5.74) is 0.642. The standard InChI is InChI=1S/C13H16BrFO2/c14-11-6-10(7-12(15)8-11)13(16)5-9-1-3-17-4-2-9/h6-9,13,16H,1-5H2. The molecule has 1 heterocycles. The first-order valence-electron chi connectivity index (χ1n) is 5.87. The zero-order valence-corrected chi connectivity index (χ0v) is 11.1. The molecule has 2 nitrogen and oxygen atoms in total. The third-order valence-electron chi connectivity index (χ3n) is 3.17. The molecule has 0 amide bonds. The first-order chi connectivity index (χ1) is 8.15. The minimum atomic E-state index is -0.593. The van der Waals surface area contributed by atoms with Crippen molar-refractivity contribution < 1.29 is 14.2 Å². The van der Waals surface area contributed by atoms with Crippen LogP contribution in [0.4, 0.5) is 4.39 Å². The average Bonchev–Trinajstić information content (AvgIpc) is 2.29. The number of rotatable bonds is 3. The molecule has 0 radical (unpaired) electrons. The monoisotopic (exact) mass is 302 g/mol. The highest BCUT2D eigenvalue weighted by Gasteiger charge is 2.19. The van der Waals surface area contributed by atoms with E-state index in [1.807, 2.05) is 0 Å². The lowest BCUT2D eigenvalue weighted by atomic mass is 9.91. The van der Waals surface area contributed by atoms with Crippen LogP contribution >= 0.6 is 15.9 Å². The van der Waals surface area contributed by atoms with Crippen LogP contribution in [-0.4, -0.2) is 18.3 Å². The van der Waals surface area contributed by atoms with Crippen LogP contribution in [0.25, 0.3) is 0 Å². The second-order valence-corrected chi connectivity index (χ2v) is 5.43. The zero-order valence-electron chi connectivity index (χ0n) is 9.53. The highest BCUT2D eigenvalue weighted by Crippen LogP contribution is 2.29. The maximum atomic E-state index is 13.2. The van der Waals surface area contributed by atoms with Crippen LogP contribution in [0.2, 0.25) is 0 Å². The summed E-state index contributed by atoms with van der Waals surface area (Å²) in [7, 11) is 0. The van der Waals surface area contributed by atoms with Gasteiger partial charge in [-0.25, -0.2) is 4.39 Å². The van der Waals surface area contributed by atoms with Gasteiger partial charge in [0.1, 0.15) is 5.82 Å². The second kappa shape index (κ2) is 5.94. The van der Waals surface area contributed by atoms with E-state index in [-0.39, 0.29) is 5.82 Å². The molecule has 1 aliphatic rings. The number of benzene rings is 1. The van der Waals surface area contributed by atoms with E-state index in [4.69, 9.17) is 4.74 Å². The third-order valence-corrected chi connectivity index (χ3v) is 3.62. The maximum Gasteiger partial charge on any atom is 0.124 e. The smallest absolute Gasteiger partial charge is 0.124 e. The second-order valence-electron chi connectivity index (χ2n) is 4.51. The summed E-state index contributed by atoms with van der Waals surface area (Å²) in [6, 6.07) is 4.56. The van der Waals surface area contributed by atoms with Gasteiger partial charge < -0.3 is 9.84 Å². The lowest BCUT2D eigenvalue weighted by Gasteiger charge is -2.24. The molecule has 0 aromatic heterocycles. The summed E-state index contributed by atoms with van der Waals surface area (Å²) in [5.74, 6) is 0.154. The molecule has 1 aromatic carbocycles. The molecular weight excluding hydrogens is 287 g/mol. The largest absolute Gasteiger partial charge is 0.388 e. The summed E-state index contributed by atoms with van der Waals surface area (Å²) in [6.07, 6.45) is 2.05. The topological polar surface area (TPSA) is 29.5 Å². The number of aliphatic hydroxyl groups excluding tert-OH is 1. The van der Waals surface area contributed by atoms with Gasteiger partial charge in [-0.05, 0) is 48.9 Å². The highest BCUT2D eigenvalue weighted by molar-refractivity contribution is 9.10. The molecule has 94 valence electrons. The normalized spacial score (nSPS) is 19.2. The number of ether oxygens (including phenoxy) is 1. The van der Waals surface area contributed by atoms with Crippen LogP contribution in [0.1, 0.15) is 30.9 Å². The van der Waals surface area contributed by atoms with Crippen molar-refractivity contribution in [3.8, 4) is 0 Å². The van der Waals surface area contributed by atoms with Gasteiger partial charge >= 0.3 is 0 Å². The molecule has 4 heteroatoms. The van der Waals surface area contributed by atoms with Crippen LogP contribution in [-0.2, 0) is 4.74 Å². The number of aliphatic hydroxyl groups is 1. The Morgan fingerprint density at radius 3 is 2.71 bits per heavy atom. The lowest BCUT2D eigenvalue weighted by molar-refractivity contribution is 0.0434. The van der Waals surface area contributed by atoms with Gasteiger partial charge in [-0.3, -0.25) is 0 Å². The number of halogens is 2. The Kier molecular flexibility index (Phi) is 4.54. The van der Waals surface area contributed by atoms with E-state index in [2.05, 4.69) is 15.9 Å². The van der Waals surface area contributed by atoms with Gasteiger partial charge in [0, 0.05) is 17.7 Å². The summed E-state index contributed by atoms with van der Waals surface area (Å²) in [4.78, 5) is 0. The van der Waals surface area contributed by atoms with Crippen LogP contribution in [0.5, 0.6) is 0 Å². The predicted molar refractivity (Wildman–Crippen MR) is 67.2 cm³/mol. The molecule has 17 heavy (non-hydrogen) atoms. The van der Waals surface area contributed by atoms with Crippen LogP contribution < -0.4 is 0 Å². The fourth-order valence-electron chi connectivity index (χ4n) is 2.20. The molecule has 1 aliphatic heterocycles. The van der Waals surface area contributed by atoms with Crippen molar-refractivity contribution in [2.75, 3.05) is 13.2 Å². The Bertz CT molecular complexity index is 357. The molecule has 1 unspecified atom stereocenters. The summed E-state index contributed by atoms with van der Waals surface area (Å²) >= 11 is 3.24. The molecule has 0 spiro atoms. The molecule has 2 rings (SSSR count). The van der Waals surface area contributed by atoms with Gasteiger partial charge in [0.25, 0.3) is 0 Å². The fraction of sp³-hybridized carbons (Fsp3) is 0.538. The van der Waals surface area contributed by atoms with Gasteiger partial charge in [-0.15, -0.1) is 0 Å². The average molecular weight is 303 g/mol. The molecule has 1 fully saturated rings. The Balaban J connectivity index is 2.00. The summed E-state index contributed by atoms with van der Waals surface area (Å²) < 4.78 is 19.1. The van der Waals surface area contributed by atoms with E-state index >= 15 is 0 Å². The minimum Gasteiger partial charge on any atom is -0.388 e.